The summed E-state index contributed by atoms with van der Waals surface area (Å²) in [6, 6.07) is 18.9. The topological polar surface area (TPSA) is 82.6 Å². The number of amides is 1. The number of nitrogens with zero attached hydrogens (tertiary/aromatic N) is 2. The maximum absolute atomic E-state index is 11.9. The van der Waals surface area contributed by atoms with Gasteiger partial charge in [0.2, 0.25) is 5.88 Å². The van der Waals surface area contributed by atoms with Gasteiger partial charge in [0, 0.05) is 11.6 Å². The first kappa shape index (κ1) is 21.1. The fourth-order valence-electron chi connectivity index (χ4n) is 2.68. The lowest BCUT2D eigenvalue weighted by Gasteiger charge is -2.09. The van der Waals surface area contributed by atoms with Crippen LogP contribution in [0.1, 0.15) is 12.5 Å². The molecule has 0 radical (unpaired) electrons. The van der Waals surface area contributed by atoms with E-state index in [4.69, 9.17) is 14.2 Å². The van der Waals surface area contributed by atoms with E-state index < -0.39 is 0 Å². The van der Waals surface area contributed by atoms with Gasteiger partial charge in [0.1, 0.15) is 18.1 Å². The quantitative estimate of drug-likeness (QED) is 0.520. The Morgan fingerprint density at radius 3 is 2.27 bits per heavy atom. The molecule has 1 amide bonds. The number of aryl methyl sites for hydroxylation is 1. The highest BCUT2D eigenvalue weighted by molar-refractivity contribution is 5.77. The third-order valence-electron chi connectivity index (χ3n) is 4.40. The maximum atomic E-state index is 11.9. The molecule has 0 unspecified atom stereocenters. The number of methoxy groups -OCH3 is 1. The van der Waals surface area contributed by atoms with Crippen LogP contribution in [-0.4, -0.2) is 43.0 Å². The minimum atomic E-state index is -0.209. The molecular formula is C23H25N3O4. The van der Waals surface area contributed by atoms with E-state index in [-0.39, 0.29) is 19.1 Å². The lowest BCUT2D eigenvalue weighted by Crippen LogP contribution is -2.32. The first-order valence-electron chi connectivity index (χ1n) is 9.77. The van der Waals surface area contributed by atoms with Crippen molar-refractivity contribution in [2.24, 2.45) is 0 Å². The van der Waals surface area contributed by atoms with Gasteiger partial charge in [-0.25, -0.2) is 0 Å². The number of carbonyl (C=O) groups is 1. The fraction of sp³-hybridized carbons (Fsp3) is 0.261. The number of carbonyl (C=O) groups excluding carboxylic acids is 1. The van der Waals surface area contributed by atoms with Gasteiger partial charge in [-0.3, -0.25) is 4.79 Å². The number of hydrogen-bond donors (Lipinski definition) is 1. The van der Waals surface area contributed by atoms with Gasteiger partial charge in [0.05, 0.1) is 19.3 Å². The van der Waals surface area contributed by atoms with E-state index in [0.29, 0.717) is 18.2 Å². The average molecular weight is 407 g/mol. The predicted molar refractivity (Wildman–Crippen MR) is 114 cm³/mol. The molecule has 0 bridgehead atoms. The summed E-state index contributed by atoms with van der Waals surface area (Å²) in [7, 11) is 1.63. The number of hydrogen-bond acceptors (Lipinski definition) is 6. The molecule has 0 atom stereocenters. The molecule has 30 heavy (non-hydrogen) atoms. The summed E-state index contributed by atoms with van der Waals surface area (Å²) in [6.07, 6.45) is 0.968. The second kappa shape index (κ2) is 10.8. The van der Waals surface area contributed by atoms with Crippen molar-refractivity contribution in [3.05, 3.63) is 66.2 Å². The first-order chi connectivity index (χ1) is 14.7. The van der Waals surface area contributed by atoms with Crippen LogP contribution in [0.5, 0.6) is 17.4 Å². The number of rotatable bonds is 10. The summed E-state index contributed by atoms with van der Waals surface area (Å²) in [5.41, 5.74) is 2.90. The standard InChI is InChI=1S/C23H25N3O4/c1-3-17-4-8-20(9-5-17)30-16-22(27)24-14-15-29-23-13-12-21(25-26-23)18-6-10-19(28-2)11-7-18/h4-13H,3,14-16H2,1-2H3,(H,24,27). The Morgan fingerprint density at radius 1 is 0.900 bits per heavy atom. The van der Waals surface area contributed by atoms with E-state index >= 15 is 0 Å². The molecule has 1 N–H and O–H groups in total. The van der Waals surface area contributed by atoms with Gasteiger partial charge in [-0.1, -0.05) is 19.1 Å². The fourth-order valence-corrected chi connectivity index (χ4v) is 2.68. The Morgan fingerprint density at radius 2 is 1.63 bits per heavy atom. The van der Waals surface area contributed by atoms with Crippen molar-refractivity contribution in [2.75, 3.05) is 26.9 Å². The zero-order chi connectivity index (χ0) is 21.2. The molecule has 156 valence electrons. The molecule has 2 aromatic carbocycles. The van der Waals surface area contributed by atoms with Gasteiger partial charge in [0.25, 0.3) is 5.91 Å². The van der Waals surface area contributed by atoms with E-state index in [1.165, 1.54) is 5.56 Å². The van der Waals surface area contributed by atoms with Gasteiger partial charge in [0.15, 0.2) is 6.61 Å². The number of nitrogens with one attached hydrogen (secondary N) is 1. The molecule has 0 aliphatic heterocycles. The van der Waals surface area contributed by atoms with Crippen LogP contribution in [0.3, 0.4) is 0 Å². The summed E-state index contributed by atoms with van der Waals surface area (Å²) in [5, 5.41) is 11.0. The van der Waals surface area contributed by atoms with Gasteiger partial charge in [-0.05, 0) is 54.4 Å². The normalized spacial score (nSPS) is 10.3. The van der Waals surface area contributed by atoms with Crippen LogP contribution < -0.4 is 19.5 Å². The highest BCUT2D eigenvalue weighted by atomic mass is 16.5. The van der Waals surface area contributed by atoms with E-state index in [2.05, 4.69) is 22.4 Å². The molecule has 7 heteroatoms. The number of ether oxygens (including phenoxy) is 3. The third kappa shape index (κ3) is 6.20. The second-order valence-corrected chi connectivity index (χ2v) is 6.47. The molecule has 0 spiro atoms. The monoisotopic (exact) mass is 407 g/mol. The van der Waals surface area contributed by atoms with Gasteiger partial charge < -0.3 is 19.5 Å². The molecule has 0 saturated carbocycles. The Bertz CT molecular complexity index is 926. The summed E-state index contributed by atoms with van der Waals surface area (Å²) in [6.45, 7) is 2.68. The number of benzene rings is 2. The molecule has 0 saturated heterocycles. The van der Waals surface area contributed by atoms with Crippen LogP contribution in [0, 0.1) is 0 Å². The first-order valence-corrected chi connectivity index (χ1v) is 9.77. The zero-order valence-electron chi connectivity index (χ0n) is 17.1. The minimum absolute atomic E-state index is 0.0398. The highest BCUT2D eigenvalue weighted by Gasteiger charge is 2.05. The van der Waals surface area contributed by atoms with Crippen LogP contribution in [-0.2, 0) is 11.2 Å². The van der Waals surface area contributed by atoms with Crippen LogP contribution >= 0.6 is 0 Å². The second-order valence-electron chi connectivity index (χ2n) is 6.47. The van der Waals surface area contributed by atoms with Gasteiger partial charge in [-0.15, -0.1) is 10.2 Å². The Kier molecular flexibility index (Phi) is 7.60. The molecular weight excluding hydrogens is 382 g/mol. The smallest absolute Gasteiger partial charge is 0.258 e. The van der Waals surface area contributed by atoms with Crippen LogP contribution in [0.2, 0.25) is 0 Å². The molecule has 0 aliphatic rings. The lowest BCUT2D eigenvalue weighted by molar-refractivity contribution is -0.123. The summed E-state index contributed by atoms with van der Waals surface area (Å²) < 4.78 is 16.1. The van der Waals surface area contributed by atoms with Crippen molar-refractivity contribution in [3.63, 3.8) is 0 Å². The van der Waals surface area contributed by atoms with Gasteiger partial charge >= 0.3 is 0 Å². The lowest BCUT2D eigenvalue weighted by atomic mass is 10.1. The van der Waals surface area contributed by atoms with E-state index in [9.17, 15) is 4.79 Å². The largest absolute Gasteiger partial charge is 0.497 e. The van der Waals surface area contributed by atoms with Crippen LogP contribution in [0.4, 0.5) is 0 Å². The Labute approximate surface area is 176 Å². The molecule has 0 fully saturated rings. The maximum Gasteiger partial charge on any atom is 0.258 e. The summed E-state index contributed by atoms with van der Waals surface area (Å²) >= 11 is 0. The van der Waals surface area contributed by atoms with Crippen molar-refractivity contribution < 1.29 is 19.0 Å². The third-order valence-corrected chi connectivity index (χ3v) is 4.40. The van der Waals surface area contributed by atoms with E-state index in [1.54, 1.807) is 13.2 Å². The molecule has 0 aliphatic carbocycles. The summed E-state index contributed by atoms with van der Waals surface area (Å²) in [4.78, 5) is 11.9. The zero-order valence-corrected chi connectivity index (χ0v) is 17.1. The molecule has 3 rings (SSSR count). The van der Waals surface area contributed by atoms with Crippen LogP contribution in [0.25, 0.3) is 11.3 Å². The number of aromatic nitrogens is 2. The molecule has 1 heterocycles. The highest BCUT2D eigenvalue weighted by Crippen LogP contribution is 2.21. The van der Waals surface area contributed by atoms with E-state index in [0.717, 1.165) is 23.4 Å². The Hall–Kier alpha value is -3.61. The Balaban J connectivity index is 1.36. The summed E-state index contributed by atoms with van der Waals surface area (Å²) in [5.74, 6) is 1.65. The predicted octanol–water partition coefficient (Wildman–Crippen LogP) is 3.29. The van der Waals surface area contributed by atoms with Crippen molar-refractivity contribution in [1.82, 2.24) is 15.5 Å². The average Bonchev–Trinajstić information content (AvgIpc) is 2.81. The van der Waals surface area contributed by atoms with Crippen LogP contribution in [0.15, 0.2) is 60.7 Å². The van der Waals surface area contributed by atoms with Gasteiger partial charge in [-0.2, -0.15) is 0 Å². The van der Waals surface area contributed by atoms with Crippen molar-refractivity contribution >= 4 is 5.91 Å². The van der Waals surface area contributed by atoms with Crippen molar-refractivity contribution in [1.29, 1.82) is 0 Å². The van der Waals surface area contributed by atoms with Crippen molar-refractivity contribution in [2.45, 2.75) is 13.3 Å². The molecule has 7 nitrogen and oxygen atoms in total. The minimum Gasteiger partial charge on any atom is -0.497 e. The van der Waals surface area contributed by atoms with Crippen molar-refractivity contribution in [3.8, 4) is 28.6 Å². The SMILES string of the molecule is CCc1ccc(OCC(=O)NCCOc2ccc(-c3ccc(OC)cc3)nn2)cc1. The molecule has 1 aromatic heterocycles. The molecule has 3 aromatic rings. The van der Waals surface area contributed by atoms with E-state index in [1.807, 2.05) is 54.6 Å².